The fraction of sp³-hybridized carbons (Fsp3) is 0.481. The highest BCUT2D eigenvalue weighted by Gasteiger charge is 2.26. The molecule has 0 aromatic heterocycles. The van der Waals surface area contributed by atoms with E-state index in [0.29, 0.717) is 23.1 Å². The lowest BCUT2D eigenvalue weighted by atomic mass is 9.79. The maximum Gasteiger partial charge on any atom is 0.101 e. The minimum absolute atomic E-state index is 0.332. The first kappa shape index (κ1) is 22.1. The van der Waals surface area contributed by atoms with Crippen LogP contribution in [-0.2, 0) is 11.2 Å². The second-order valence-electron chi connectivity index (χ2n) is 8.28. The van der Waals surface area contributed by atoms with Crippen molar-refractivity contribution < 1.29 is 4.74 Å². The molecule has 3 nitrogen and oxygen atoms in total. The summed E-state index contributed by atoms with van der Waals surface area (Å²) in [6.45, 7) is 5.19. The fourth-order valence-corrected chi connectivity index (χ4v) is 4.50. The highest BCUT2D eigenvalue weighted by molar-refractivity contribution is 5.75. The zero-order valence-electron chi connectivity index (χ0n) is 18.3. The molecule has 3 rings (SSSR count). The van der Waals surface area contributed by atoms with Gasteiger partial charge in [0.05, 0.1) is 17.2 Å². The lowest BCUT2D eigenvalue weighted by Crippen LogP contribution is -2.22. The summed E-state index contributed by atoms with van der Waals surface area (Å²) in [4.78, 5) is 0. The van der Waals surface area contributed by atoms with Crippen LogP contribution in [0.4, 0.5) is 0 Å². The zero-order valence-corrected chi connectivity index (χ0v) is 18.3. The van der Waals surface area contributed by atoms with Gasteiger partial charge >= 0.3 is 0 Å². The molecule has 1 aliphatic carbocycles. The van der Waals surface area contributed by atoms with Crippen LogP contribution in [0.5, 0.6) is 0 Å². The van der Waals surface area contributed by atoms with Crippen molar-refractivity contribution in [3.63, 3.8) is 0 Å². The maximum atomic E-state index is 9.91. The van der Waals surface area contributed by atoms with E-state index < -0.39 is 0 Å². The highest BCUT2D eigenvalue weighted by Crippen LogP contribution is 2.38. The molecule has 1 aliphatic rings. The summed E-state index contributed by atoms with van der Waals surface area (Å²) in [6, 6.07) is 17.1. The van der Waals surface area contributed by atoms with Gasteiger partial charge in [0.1, 0.15) is 12.1 Å². The van der Waals surface area contributed by atoms with Gasteiger partial charge in [-0.1, -0.05) is 63.1 Å². The third kappa shape index (κ3) is 5.10. The van der Waals surface area contributed by atoms with Crippen molar-refractivity contribution in [1.29, 1.82) is 10.5 Å². The summed E-state index contributed by atoms with van der Waals surface area (Å²) in [5.74, 6) is 0.332. The summed E-state index contributed by atoms with van der Waals surface area (Å²) >= 11 is 0. The van der Waals surface area contributed by atoms with E-state index in [2.05, 4.69) is 56.3 Å². The van der Waals surface area contributed by atoms with Crippen molar-refractivity contribution in [2.75, 3.05) is 6.61 Å². The molecule has 2 aromatic rings. The largest absolute Gasteiger partial charge is 0.378 e. The van der Waals surface area contributed by atoms with E-state index in [-0.39, 0.29) is 0 Å². The molecule has 1 fully saturated rings. The van der Waals surface area contributed by atoms with E-state index in [0.717, 1.165) is 61.8 Å². The van der Waals surface area contributed by atoms with Crippen LogP contribution in [0.2, 0.25) is 0 Å². The molecule has 3 heteroatoms. The Morgan fingerprint density at radius 2 is 1.57 bits per heavy atom. The number of unbranched alkanes of at least 4 members (excludes halogenated alkanes) is 2. The normalized spacial score (nSPS) is 18.5. The van der Waals surface area contributed by atoms with Gasteiger partial charge in [0.25, 0.3) is 0 Å². The van der Waals surface area contributed by atoms with Crippen LogP contribution in [0.3, 0.4) is 0 Å². The first-order valence-electron chi connectivity index (χ1n) is 11.4. The summed E-state index contributed by atoms with van der Waals surface area (Å²) in [6.07, 6.45) is 9.01. The molecule has 0 N–H and O–H groups in total. The Hall–Kier alpha value is -2.62. The molecular formula is C27H32N2O. The molecule has 0 bridgehead atoms. The number of hydrogen-bond acceptors (Lipinski definition) is 3. The lowest BCUT2D eigenvalue weighted by molar-refractivity contribution is 0.0227. The van der Waals surface area contributed by atoms with E-state index in [1.807, 2.05) is 6.07 Å². The van der Waals surface area contributed by atoms with Crippen LogP contribution in [0, 0.1) is 22.7 Å². The molecule has 0 spiro atoms. The molecule has 0 heterocycles. The van der Waals surface area contributed by atoms with Gasteiger partial charge in [-0.3, -0.25) is 0 Å². The van der Waals surface area contributed by atoms with Gasteiger partial charge in [0.15, 0.2) is 0 Å². The predicted octanol–water partition coefficient (Wildman–Crippen LogP) is 6.89. The van der Waals surface area contributed by atoms with Crippen LogP contribution < -0.4 is 0 Å². The Morgan fingerprint density at radius 3 is 2.17 bits per heavy atom. The van der Waals surface area contributed by atoms with Crippen LogP contribution in [0.1, 0.15) is 87.0 Å². The molecule has 0 radical (unpaired) electrons. The van der Waals surface area contributed by atoms with E-state index in [1.54, 1.807) is 0 Å². The van der Waals surface area contributed by atoms with Gasteiger partial charge < -0.3 is 4.74 Å². The highest BCUT2D eigenvalue weighted by atomic mass is 16.5. The topological polar surface area (TPSA) is 56.8 Å². The molecule has 2 aromatic carbocycles. The second-order valence-corrected chi connectivity index (χ2v) is 8.28. The SMILES string of the molecule is CCCCCO[C@H]1CC[C@H](c2ccc(-c3ccc(CC)cc3)c(C#N)c2C#N)CC1. The maximum absolute atomic E-state index is 9.91. The van der Waals surface area contributed by atoms with Crippen LogP contribution >= 0.6 is 0 Å². The first-order chi connectivity index (χ1) is 14.7. The molecule has 0 aliphatic heterocycles. The van der Waals surface area contributed by atoms with Crippen molar-refractivity contribution in [3.05, 3.63) is 58.7 Å². The van der Waals surface area contributed by atoms with E-state index in [1.165, 1.54) is 18.4 Å². The molecule has 1 saturated carbocycles. The van der Waals surface area contributed by atoms with Crippen molar-refractivity contribution >= 4 is 0 Å². The van der Waals surface area contributed by atoms with E-state index in [4.69, 9.17) is 4.74 Å². The van der Waals surface area contributed by atoms with Gasteiger partial charge in [-0.2, -0.15) is 10.5 Å². The minimum Gasteiger partial charge on any atom is -0.378 e. The summed E-state index contributed by atoms with van der Waals surface area (Å²) in [7, 11) is 0. The van der Waals surface area contributed by atoms with E-state index >= 15 is 0 Å². The number of nitriles is 2. The Balaban J connectivity index is 1.77. The Kier molecular flexibility index (Phi) is 8.06. The predicted molar refractivity (Wildman–Crippen MR) is 121 cm³/mol. The van der Waals surface area contributed by atoms with E-state index in [9.17, 15) is 10.5 Å². The van der Waals surface area contributed by atoms with Gasteiger partial charge in [0, 0.05) is 12.2 Å². The van der Waals surface area contributed by atoms with Crippen molar-refractivity contribution in [1.82, 2.24) is 0 Å². The van der Waals surface area contributed by atoms with Gasteiger partial charge in [-0.05, 0) is 61.1 Å². The minimum atomic E-state index is 0.332. The van der Waals surface area contributed by atoms with Crippen LogP contribution in [0.15, 0.2) is 36.4 Å². The van der Waals surface area contributed by atoms with Crippen LogP contribution in [0.25, 0.3) is 11.1 Å². The molecule has 0 amide bonds. The van der Waals surface area contributed by atoms with Gasteiger partial charge in [-0.25, -0.2) is 0 Å². The van der Waals surface area contributed by atoms with Crippen LogP contribution in [-0.4, -0.2) is 12.7 Å². The average Bonchev–Trinajstić information content (AvgIpc) is 2.81. The summed E-state index contributed by atoms with van der Waals surface area (Å²) in [5, 5.41) is 19.8. The summed E-state index contributed by atoms with van der Waals surface area (Å²) < 4.78 is 6.05. The monoisotopic (exact) mass is 400 g/mol. The number of rotatable bonds is 8. The molecular weight excluding hydrogens is 368 g/mol. The standard InChI is InChI=1S/C27H32N2O/c1-3-5-6-17-30-23-13-11-22(12-14-23)25-16-15-24(26(18-28)27(25)19-29)21-9-7-20(4-2)8-10-21/h7-10,15-16,22-23H,3-6,11-14,17H2,1-2H3/t22-,23-. The third-order valence-electron chi connectivity index (χ3n) is 6.35. The number of benzene rings is 2. The number of nitrogens with zero attached hydrogens (tertiary/aromatic N) is 2. The fourth-order valence-electron chi connectivity index (χ4n) is 4.50. The quantitative estimate of drug-likeness (QED) is 0.453. The first-order valence-corrected chi connectivity index (χ1v) is 11.4. The van der Waals surface area contributed by atoms with Gasteiger partial charge in [0.2, 0.25) is 0 Å². The Labute approximate surface area is 181 Å². The average molecular weight is 401 g/mol. The molecule has 0 unspecified atom stereocenters. The molecule has 0 atom stereocenters. The second kappa shape index (κ2) is 11.0. The number of aryl methyl sites for hydroxylation is 1. The molecule has 30 heavy (non-hydrogen) atoms. The van der Waals surface area contributed by atoms with Crippen molar-refractivity contribution in [2.45, 2.75) is 77.2 Å². The number of hydrogen-bond donors (Lipinski definition) is 0. The Bertz CT molecular complexity index is 910. The third-order valence-corrected chi connectivity index (χ3v) is 6.35. The smallest absolute Gasteiger partial charge is 0.101 e. The molecule has 0 saturated heterocycles. The summed E-state index contributed by atoms with van der Waals surface area (Å²) in [5.41, 5.74) is 5.22. The Morgan fingerprint density at radius 1 is 0.867 bits per heavy atom. The molecule has 156 valence electrons. The van der Waals surface area contributed by atoms with Crippen molar-refractivity contribution in [2.24, 2.45) is 0 Å². The van der Waals surface area contributed by atoms with Gasteiger partial charge in [-0.15, -0.1) is 0 Å². The zero-order chi connectivity index (χ0) is 21.3. The number of ether oxygens (including phenoxy) is 1. The van der Waals surface area contributed by atoms with Crippen molar-refractivity contribution in [3.8, 4) is 23.3 Å². The lowest BCUT2D eigenvalue weighted by Gasteiger charge is -2.29.